The molecular formula is C12H15N3S. The van der Waals surface area contributed by atoms with Gasteiger partial charge in [-0.15, -0.1) is 12.6 Å². The van der Waals surface area contributed by atoms with E-state index in [4.69, 9.17) is 5.73 Å². The highest BCUT2D eigenvalue weighted by atomic mass is 32.1. The molecular weight excluding hydrogens is 218 g/mol. The topological polar surface area (TPSA) is 43.8 Å². The van der Waals surface area contributed by atoms with Gasteiger partial charge in [0, 0.05) is 10.9 Å². The van der Waals surface area contributed by atoms with Gasteiger partial charge in [-0.05, 0) is 31.9 Å². The number of imidazole rings is 1. The van der Waals surface area contributed by atoms with Crippen molar-refractivity contribution in [3.8, 4) is 0 Å². The normalized spacial score (nSPS) is 17.9. The van der Waals surface area contributed by atoms with Gasteiger partial charge in [0.2, 0.25) is 0 Å². The molecule has 3 rings (SSSR count). The summed E-state index contributed by atoms with van der Waals surface area (Å²) in [6.07, 6.45) is 2.46. The molecule has 1 heterocycles. The van der Waals surface area contributed by atoms with Crippen LogP contribution in [0.1, 0.15) is 37.7 Å². The second-order valence-corrected chi connectivity index (χ2v) is 4.99. The molecule has 0 unspecified atom stereocenters. The molecule has 2 aromatic rings. The van der Waals surface area contributed by atoms with Crippen LogP contribution >= 0.6 is 12.6 Å². The Morgan fingerprint density at radius 2 is 2.25 bits per heavy atom. The molecule has 2 N–H and O–H groups in total. The molecule has 1 aromatic carbocycles. The third kappa shape index (κ3) is 1.44. The minimum absolute atomic E-state index is 0.0271. The van der Waals surface area contributed by atoms with E-state index in [0.717, 1.165) is 21.8 Å². The molecule has 1 aliphatic carbocycles. The number of thiol groups is 1. The Kier molecular flexibility index (Phi) is 2.23. The third-order valence-corrected chi connectivity index (χ3v) is 3.40. The van der Waals surface area contributed by atoms with Gasteiger partial charge < -0.3 is 10.3 Å². The first-order valence-corrected chi connectivity index (χ1v) is 6.08. The van der Waals surface area contributed by atoms with Crippen LogP contribution in [0.15, 0.2) is 23.1 Å². The molecule has 1 fully saturated rings. The Hall–Kier alpha value is -1.00. The Balaban J connectivity index is 2.34. The van der Waals surface area contributed by atoms with Gasteiger partial charge in [0.1, 0.15) is 5.82 Å². The van der Waals surface area contributed by atoms with Crippen LogP contribution in [-0.2, 0) is 0 Å². The maximum absolute atomic E-state index is 5.99. The van der Waals surface area contributed by atoms with Crippen LogP contribution in [0.4, 0.5) is 0 Å². The van der Waals surface area contributed by atoms with Crippen molar-refractivity contribution in [2.75, 3.05) is 0 Å². The molecule has 0 bridgehead atoms. The van der Waals surface area contributed by atoms with Gasteiger partial charge in [0.05, 0.1) is 17.1 Å². The number of nitrogens with zero attached hydrogens (tertiary/aromatic N) is 2. The quantitative estimate of drug-likeness (QED) is 0.783. The first-order valence-electron chi connectivity index (χ1n) is 5.64. The molecule has 3 nitrogen and oxygen atoms in total. The number of rotatable bonds is 2. The van der Waals surface area contributed by atoms with E-state index in [1.54, 1.807) is 0 Å². The maximum Gasteiger partial charge on any atom is 0.126 e. The van der Waals surface area contributed by atoms with Crippen molar-refractivity contribution in [2.45, 2.75) is 36.7 Å². The van der Waals surface area contributed by atoms with E-state index < -0.39 is 0 Å². The lowest BCUT2D eigenvalue weighted by molar-refractivity contribution is 0.637. The summed E-state index contributed by atoms with van der Waals surface area (Å²) in [6.45, 7) is 1.98. The van der Waals surface area contributed by atoms with E-state index in [2.05, 4.69) is 22.2 Å². The summed E-state index contributed by atoms with van der Waals surface area (Å²) < 4.78 is 2.28. The van der Waals surface area contributed by atoms with Gasteiger partial charge in [0.15, 0.2) is 0 Å². The number of nitrogens with two attached hydrogens (primary N) is 1. The van der Waals surface area contributed by atoms with E-state index in [9.17, 15) is 0 Å². The summed E-state index contributed by atoms with van der Waals surface area (Å²) in [4.78, 5) is 5.61. The van der Waals surface area contributed by atoms with Crippen LogP contribution in [0.2, 0.25) is 0 Å². The zero-order valence-electron chi connectivity index (χ0n) is 9.22. The summed E-state index contributed by atoms with van der Waals surface area (Å²) in [5.74, 6) is 0.985. The number of aromatic nitrogens is 2. The SMILES string of the molecule is C[C@@H](N)c1nc2cccc(S)c2n1C1CC1. The summed E-state index contributed by atoms with van der Waals surface area (Å²) >= 11 is 4.52. The van der Waals surface area contributed by atoms with Gasteiger partial charge in [-0.1, -0.05) is 6.07 Å². The van der Waals surface area contributed by atoms with Gasteiger partial charge >= 0.3 is 0 Å². The summed E-state index contributed by atoms with van der Waals surface area (Å²) in [7, 11) is 0. The molecule has 0 saturated heterocycles. The van der Waals surface area contributed by atoms with Gasteiger partial charge in [-0.2, -0.15) is 0 Å². The molecule has 16 heavy (non-hydrogen) atoms. The largest absolute Gasteiger partial charge is 0.323 e. The molecule has 0 radical (unpaired) electrons. The monoisotopic (exact) mass is 233 g/mol. The van der Waals surface area contributed by atoms with Crippen molar-refractivity contribution >= 4 is 23.7 Å². The summed E-state index contributed by atoms with van der Waals surface area (Å²) in [5, 5.41) is 0. The van der Waals surface area contributed by atoms with Crippen LogP contribution in [-0.4, -0.2) is 9.55 Å². The highest BCUT2D eigenvalue weighted by molar-refractivity contribution is 7.80. The molecule has 84 valence electrons. The van der Waals surface area contributed by atoms with Gasteiger partial charge in [0.25, 0.3) is 0 Å². The average Bonchev–Trinajstić information content (AvgIpc) is 2.99. The number of benzene rings is 1. The van der Waals surface area contributed by atoms with Crippen LogP contribution in [0.5, 0.6) is 0 Å². The van der Waals surface area contributed by atoms with E-state index in [1.165, 1.54) is 12.8 Å². The first-order chi connectivity index (χ1) is 7.68. The number of hydrogen-bond donors (Lipinski definition) is 2. The highest BCUT2D eigenvalue weighted by Crippen LogP contribution is 2.40. The average molecular weight is 233 g/mol. The predicted octanol–water partition coefficient (Wildman–Crippen LogP) is 2.68. The van der Waals surface area contributed by atoms with Crippen molar-refractivity contribution in [2.24, 2.45) is 5.73 Å². The molecule has 0 amide bonds. The molecule has 4 heteroatoms. The zero-order valence-corrected chi connectivity index (χ0v) is 10.1. The van der Waals surface area contributed by atoms with Crippen molar-refractivity contribution in [1.29, 1.82) is 0 Å². The van der Waals surface area contributed by atoms with Crippen LogP contribution in [0.25, 0.3) is 11.0 Å². The van der Waals surface area contributed by atoms with Crippen molar-refractivity contribution in [3.05, 3.63) is 24.0 Å². The smallest absolute Gasteiger partial charge is 0.126 e. The number of fused-ring (bicyclic) bond motifs is 1. The molecule has 1 atom stereocenters. The minimum Gasteiger partial charge on any atom is -0.323 e. The van der Waals surface area contributed by atoms with Crippen molar-refractivity contribution < 1.29 is 0 Å². The van der Waals surface area contributed by atoms with Crippen molar-refractivity contribution in [1.82, 2.24) is 9.55 Å². The second-order valence-electron chi connectivity index (χ2n) is 4.50. The third-order valence-electron chi connectivity index (χ3n) is 3.04. The highest BCUT2D eigenvalue weighted by Gasteiger charge is 2.29. The molecule has 1 saturated carbocycles. The lowest BCUT2D eigenvalue weighted by atomic mass is 10.3. The van der Waals surface area contributed by atoms with Crippen molar-refractivity contribution in [3.63, 3.8) is 0 Å². The van der Waals surface area contributed by atoms with E-state index >= 15 is 0 Å². The lowest BCUT2D eigenvalue weighted by Gasteiger charge is -2.10. The fourth-order valence-corrected chi connectivity index (χ4v) is 2.48. The Labute approximate surface area is 100 Å². The number of para-hydroxylation sites is 1. The van der Waals surface area contributed by atoms with Gasteiger partial charge in [-0.3, -0.25) is 0 Å². The van der Waals surface area contributed by atoms with E-state index in [-0.39, 0.29) is 6.04 Å². The molecule has 0 spiro atoms. The van der Waals surface area contributed by atoms with E-state index in [0.29, 0.717) is 6.04 Å². The second kappa shape index (κ2) is 3.50. The molecule has 0 aliphatic heterocycles. The molecule has 1 aliphatic rings. The fraction of sp³-hybridized carbons (Fsp3) is 0.417. The van der Waals surface area contributed by atoms with E-state index in [1.807, 2.05) is 25.1 Å². The Bertz CT molecular complexity index is 540. The Morgan fingerprint density at radius 1 is 1.50 bits per heavy atom. The summed E-state index contributed by atoms with van der Waals surface area (Å²) in [6, 6.07) is 6.58. The minimum atomic E-state index is -0.0271. The standard InChI is InChI=1S/C12H15N3S/c1-7(13)12-14-9-3-2-4-10(16)11(9)15(12)8-5-6-8/h2-4,7-8,16H,5-6,13H2,1H3/t7-/m1/s1. The molecule has 1 aromatic heterocycles. The first kappa shape index (κ1) is 10.2. The predicted molar refractivity (Wildman–Crippen MR) is 67.9 cm³/mol. The van der Waals surface area contributed by atoms with Crippen LogP contribution in [0.3, 0.4) is 0 Å². The Morgan fingerprint density at radius 3 is 2.88 bits per heavy atom. The summed E-state index contributed by atoms with van der Waals surface area (Å²) in [5.41, 5.74) is 8.13. The van der Waals surface area contributed by atoms with Gasteiger partial charge in [-0.25, -0.2) is 4.98 Å². The number of hydrogen-bond acceptors (Lipinski definition) is 3. The van der Waals surface area contributed by atoms with Crippen LogP contribution in [0, 0.1) is 0 Å². The van der Waals surface area contributed by atoms with Crippen LogP contribution < -0.4 is 5.73 Å². The fourth-order valence-electron chi connectivity index (χ4n) is 2.17. The lowest BCUT2D eigenvalue weighted by Crippen LogP contribution is -2.12. The zero-order chi connectivity index (χ0) is 11.3. The maximum atomic E-state index is 5.99.